The molecule has 0 saturated carbocycles. The van der Waals surface area contributed by atoms with Crippen LogP contribution in [0.2, 0.25) is 0 Å². The zero-order chi connectivity index (χ0) is 20.7. The zero-order valence-electron chi connectivity index (χ0n) is 17.0. The zero-order valence-corrected chi connectivity index (χ0v) is 17.0. The molecule has 0 aromatic heterocycles. The van der Waals surface area contributed by atoms with E-state index in [-0.39, 0.29) is 5.91 Å². The Balaban J connectivity index is 2.20. The van der Waals surface area contributed by atoms with Crippen LogP contribution in [0.5, 0.6) is 5.75 Å². The quantitative estimate of drug-likeness (QED) is 0.828. The van der Waals surface area contributed by atoms with Gasteiger partial charge in [0.1, 0.15) is 17.4 Å². The Morgan fingerprint density at radius 1 is 1.18 bits per heavy atom. The maximum atomic E-state index is 13.1. The van der Waals surface area contributed by atoms with Crippen LogP contribution in [0.25, 0.3) is 0 Å². The summed E-state index contributed by atoms with van der Waals surface area (Å²) >= 11 is 0. The van der Waals surface area contributed by atoms with Crippen LogP contribution in [-0.2, 0) is 16.0 Å². The molecule has 2 rings (SSSR count). The third kappa shape index (κ3) is 6.30. The minimum Gasteiger partial charge on any atom is -0.497 e. The second-order valence-electron chi connectivity index (χ2n) is 7.41. The average Bonchev–Trinajstić information content (AvgIpc) is 2.65. The van der Waals surface area contributed by atoms with Gasteiger partial charge in [0.2, 0.25) is 5.91 Å². The molecule has 1 N–H and O–H groups in total. The molecule has 1 radical (unpaired) electrons. The van der Waals surface area contributed by atoms with E-state index in [1.165, 1.54) is 4.90 Å². The molecule has 28 heavy (non-hydrogen) atoms. The third-order valence-corrected chi connectivity index (χ3v) is 3.99. The van der Waals surface area contributed by atoms with Crippen molar-refractivity contribution in [3.63, 3.8) is 0 Å². The van der Waals surface area contributed by atoms with Gasteiger partial charge < -0.3 is 19.7 Å². The SMILES string of the molecule is COc1ccc(N(C)C(=O)[C@H](Cc2c[c]ccc2)NC(=O)OC(C)(C)C)cc1. The van der Waals surface area contributed by atoms with Gasteiger partial charge in [0.25, 0.3) is 0 Å². The van der Waals surface area contributed by atoms with Crippen molar-refractivity contribution in [1.82, 2.24) is 5.32 Å². The van der Waals surface area contributed by atoms with Crippen LogP contribution < -0.4 is 15.0 Å². The maximum Gasteiger partial charge on any atom is 0.408 e. The Labute approximate surface area is 166 Å². The van der Waals surface area contributed by atoms with E-state index in [1.54, 1.807) is 71.3 Å². The Bertz CT molecular complexity index is 782. The minimum absolute atomic E-state index is 0.250. The number of hydrogen-bond donors (Lipinski definition) is 1. The molecule has 2 aromatic carbocycles. The standard InChI is InChI=1S/C22H27N2O4/c1-22(2,3)28-21(26)23-19(15-16-9-7-6-8-10-16)20(25)24(4)17-11-13-18(27-5)14-12-17/h6-7,9-14,19H,15H2,1-5H3,(H,23,26)/t19-/m0/s1. The molecule has 6 nitrogen and oxygen atoms in total. The summed E-state index contributed by atoms with van der Waals surface area (Å²) < 4.78 is 10.5. The summed E-state index contributed by atoms with van der Waals surface area (Å²) in [6.07, 6.45) is -0.301. The van der Waals surface area contributed by atoms with E-state index >= 15 is 0 Å². The highest BCUT2D eigenvalue weighted by molar-refractivity contribution is 5.98. The highest BCUT2D eigenvalue weighted by Gasteiger charge is 2.27. The number of amides is 2. The number of methoxy groups -OCH3 is 1. The van der Waals surface area contributed by atoms with Crippen LogP contribution in [0, 0.1) is 6.07 Å². The van der Waals surface area contributed by atoms with Gasteiger partial charge in [-0.1, -0.05) is 24.3 Å². The molecule has 0 spiro atoms. The van der Waals surface area contributed by atoms with E-state index in [4.69, 9.17) is 9.47 Å². The predicted octanol–water partition coefficient (Wildman–Crippen LogP) is 3.59. The van der Waals surface area contributed by atoms with Gasteiger partial charge in [-0.25, -0.2) is 4.79 Å². The molecule has 0 fully saturated rings. The summed E-state index contributed by atoms with van der Waals surface area (Å²) in [5.74, 6) is 0.452. The smallest absolute Gasteiger partial charge is 0.408 e. The van der Waals surface area contributed by atoms with Gasteiger partial charge in [0.05, 0.1) is 7.11 Å². The van der Waals surface area contributed by atoms with Crippen LogP contribution in [-0.4, -0.2) is 37.8 Å². The summed E-state index contributed by atoms with van der Waals surface area (Å²) in [6.45, 7) is 5.33. The highest BCUT2D eigenvalue weighted by Crippen LogP contribution is 2.19. The lowest BCUT2D eigenvalue weighted by molar-refractivity contribution is -0.120. The lowest BCUT2D eigenvalue weighted by Crippen LogP contribution is -2.50. The normalized spacial score (nSPS) is 12.0. The third-order valence-electron chi connectivity index (χ3n) is 3.99. The Hall–Kier alpha value is -3.02. The maximum absolute atomic E-state index is 13.1. The Morgan fingerprint density at radius 3 is 2.39 bits per heavy atom. The fourth-order valence-electron chi connectivity index (χ4n) is 2.61. The monoisotopic (exact) mass is 383 g/mol. The number of hydrogen-bond acceptors (Lipinski definition) is 4. The van der Waals surface area contributed by atoms with Crippen LogP contribution >= 0.6 is 0 Å². The van der Waals surface area contributed by atoms with Crippen molar-refractivity contribution in [2.75, 3.05) is 19.1 Å². The molecule has 0 saturated heterocycles. The number of alkyl carbamates (subject to hydrolysis) is 1. The second kappa shape index (κ2) is 9.26. The van der Waals surface area contributed by atoms with Crippen molar-refractivity contribution in [1.29, 1.82) is 0 Å². The lowest BCUT2D eigenvalue weighted by Gasteiger charge is -2.26. The molecule has 0 aliphatic heterocycles. The fourth-order valence-corrected chi connectivity index (χ4v) is 2.61. The predicted molar refractivity (Wildman–Crippen MR) is 109 cm³/mol. The van der Waals surface area contributed by atoms with Crippen LogP contribution in [0.1, 0.15) is 26.3 Å². The number of carbonyl (C=O) groups is 2. The van der Waals surface area contributed by atoms with E-state index in [2.05, 4.69) is 11.4 Å². The molecular weight excluding hydrogens is 356 g/mol. The number of likely N-dealkylation sites (N-methyl/N-ethyl adjacent to an activating group) is 1. The van der Waals surface area contributed by atoms with Gasteiger partial charge in [-0.2, -0.15) is 0 Å². The molecule has 6 heteroatoms. The van der Waals surface area contributed by atoms with Crippen molar-refractivity contribution >= 4 is 17.7 Å². The van der Waals surface area contributed by atoms with Gasteiger partial charge in [-0.15, -0.1) is 0 Å². The Kier molecular flexibility index (Phi) is 7.04. The first-order valence-electron chi connectivity index (χ1n) is 9.06. The molecule has 0 aliphatic rings. The molecule has 0 heterocycles. The van der Waals surface area contributed by atoms with E-state index in [0.29, 0.717) is 17.9 Å². The first-order chi connectivity index (χ1) is 13.2. The van der Waals surface area contributed by atoms with E-state index in [0.717, 1.165) is 5.56 Å². The summed E-state index contributed by atoms with van der Waals surface area (Å²) in [4.78, 5) is 26.9. The van der Waals surface area contributed by atoms with Gasteiger partial charge in [0.15, 0.2) is 0 Å². The lowest BCUT2D eigenvalue weighted by atomic mass is 10.0. The van der Waals surface area contributed by atoms with Gasteiger partial charge in [0, 0.05) is 19.2 Å². The van der Waals surface area contributed by atoms with Crippen LogP contribution in [0.15, 0.2) is 48.5 Å². The largest absolute Gasteiger partial charge is 0.497 e. The van der Waals surface area contributed by atoms with Gasteiger partial charge in [-0.05, 0) is 56.7 Å². The summed E-state index contributed by atoms with van der Waals surface area (Å²) in [5, 5.41) is 2.70. The topological polar surface area (TPSA) is 67.9 Å². The number of rotatable bonds is 6. The summed E-state index contributed by atoms with van der Waals surface area (Å²) in [7, 11) is 3.26. The number of nitrogens with one attached hydrogen (secondary N) is 1. The minimum atomic E-state index is -0.780. The van der Waals surface area contributed by atoms with Crippen molar-refractivity contribution in [2.45, 2.75) is 38.8 Å². The van der Waals surface area contributed by atoms with Gasteiger partial charge in [-0.3, -0.25) is 4.79 Å². The molecule has 0 unspecified atom stereocenters. The van der Waals surface area contributed by atoms with Crippen molar-refractivity contribution in [2.24, 2.45) is 0 Å². The van der Waals surface area contributed by atoms with Crippen molar-refractivity contribution < 1.29 is 19.1 Å². The summed E-state index contributed by atoms with van der Waals surface area (Å²) in [6, 6.07) is 16.7. The average molecular weight is 383 g/mol. The number of carbonyl (C=O) groups excluding carboxylic acids is 2. The Morgan fingerprint density at radius 2 is 1.86 bits per heavy atom. The molecular formula is C22H27N2O4. The number of ether oxygens (including phenoxy) is 2. The molecule has 1 atom stereocenters. The molecule has 2 aromatic rings. The molecule has 149 valence electrons. The van der Waals surface area contributed by atoms with Crippen LogP contribution in [0.3, 0.4) is 0 Å². The second-order valence-corrected chi connectivity index (χ2v) is 7.41. The molecule has 2 amide bonds. The summed E-state index contributed by atoms with van der Waals surface area (Å²) in [5.41, 5.74) is 0.932. The van der Waals surface area contributed by atoms with Crippen molar-refractivity contribution in [3.8, 4) is 5.75 Å². The molecule has 0 aliphatic carbocycles. The number of nitrogens with zero attached hydrogens (tertiary/aromatic N) is 1. The first-order valence-corrected chi connectivity index (χ1v) is 9.06. The van der Waals surface area contributed by atoms with Gasteiger partial charge >= 0.3 is 6.09 Å². The van der Waals surface area contributed by atoms with Crippen LogP contribution in [0.4, 0.5) is 10.5 Å². The van der Waals surface area contributed by atoms with E-state index < -0.39 is 17.7 Å². The van der Waals surface area contributed by atoms with E-state index in [9.17, 15) is 9.59 Å². The highest BCUT2D eigenvalue weighted by atomic mass is 16.6. The first kappa shape index (κ1) is 21.3. The molecule has 0 bridgehead atoms. The number of benzene rings is 2. The number of anilines is 1. The van der Waals surface area contributed by atoms with Crippen molar-refractivity contribution in [3.05, 3.63) is 60.2 Å². The fraction of sp³-hybridized carbons (Fsp3) is 0.364. The van der Waals surface area contributed by atoms with E-state index in [1.807, 2.05) is 12.1 Å².